The van der Waals surface area contributed by atoms with Crippen LogP contribution in [0, 0.1) is 36.5 Å². The van der Waals surface area contributed by atoms with Crippen LogP contribution in [-0.2, 0) is 9.47 Å². The predicted molar refractivity (Wildman–Crippen MR) is 103 cm³/mol. The van der Waals surface area contributed by atoms with Gasteiger partial charge in [-0.1, -0.05) is 0 Å². The number of azo groups is 1. The van der Waals surface area contributed by atoms with Crippen LogP contribution in [0.4, 0.5) is 11.6 Å². The summed E-state index contributed by atoms with van der Waals surface area (Å²) >= 11 is 0. The Morgan fingerprint density at radius 1 is 0.867 bits per heavy atom. The van der Waals surface area contributed by atoms with E-state index in [0.717, 1.165) is 0 Å². The van der Waals surface area contributed by atoms with Gasteiger partial charge in [-0.2, -0.15) is 10.5 Å². The maximum atomic E-state index is 12.0. The molecule has 2 aromatic heterocycles. The summed E-state index contributed by atoms with van der Waals surface area (Å²) in [4.78, 5) is 32.2. The van der Waals surface area contributed by atoms with Crippen LogP contribution in [0.1, 0.15) is 57.1 Å². The van der Waals surface area contributed by atoms with E-state index in [2.05, 4.69) is 20.2 Å². The maximum Gasteiger partial charge on any atom is 0.340 e. The first-order chi connectivity index (χ1) is 14.4. The quantitative estimate of drug-likeness (QED) is 0.521. The molecule has 0 amide bonds. The zero-order chi connectivity index (χ0) is 22.3. The number of hydrogen-bond donors (Lipinski definition) is 0. The molecule has 2 aromatic rings. The van der Waals surface area contributed by atoms with Gasteiger partial charge in [0.05, 0.1) is 46.9 Å². The highest BCUT2D eigenvalue weighted by Crippen LogP contribution is 2.25. The van der Waals surface area contributed by atoms with Crippen molar-refractivity contribution in [3.8, 4) is 12.1 Å². The molecule has 0 aromatic carbocycles. The lowest BCUT2D eigenvalue weighted by molar-refractivity contribution is 0.0515. The highest BCUT2D eigenvalue weighted by Gasteiger charge is 2.18. The van der Waals surface area contributed by atoms with Crippen LogP contribution < -0.4 is 0 Å². The number of esters is 2. The van der Waals surface area contributed by atoms with E-state index in [9.17, 15) is 20.1 Å². The zero-order valence-electron chi connectivity index (χ0n) is 16.9. The molecule has 0 unspecified atom stereocenters. The van der Waals surface area contributed by atoms with Crippen LogP contribution in [0.5, 0.6) is 0 Å². The first kappa shape index (κ1) is 22.1. The number of carbonyl (C=O) groups is 2. The summed E-state index contributed by atoms with van der Waals surface area (Å²) in [6.07, 6.45) is 0. The number of pyridine rings is 2. The molecule has 0 saturated carbocycles. The van der Waals surface area contributed by atoms with Gasteiger partial charge in [0, 0.05) is 0 Å². The number of rotatable bonds is 6. The second kappa shape index (κ2) is 9.85. The molecule has 0 fully saturated rings. The monoisotopic (exact) mass is 406 g/mol. The average molecular weight is 406 g/mol. The Bertz CT molecular complexity index is 1020. The van der Waals surface area contributed by atoms with Gasteiger partial charge in [0.25, 0.3) is 0 Å². The highest BCUT2D eigenvalue weighted by molar-refractivity contribution is 5.92. The molecule has 0 bridgehead atoms. The Balaban J connectivity index is 2.47. The Labute approximate surface area is 172 Å². The molecule has 10 heteroatoms. The van der Waals surface area contributed by atoms with E-state index in [0.29, 0.717) is 11.4 Å². The molecule has 0 radical (unpaired) electrons. The minimum atomic E-state index is -0.596. The standard InChI is InChI=1S/C20H18N6O4/c1-5-29-19(27)15-7-13(9-21)17(23-11(15)3)25-26-18-14(10-22)8-16(12(4)24-18)20(28)30-6-2/h7-8H,5-6H2,1-4H3. The van der Waals surface area contributed by atoms with E-state index in [1.54, 1.807) is 27.7 Å². The van der Waals surface area contributed by atoms with E-state index in [1.165, 1.54) is 12.1 Å². The molecule has 2 heterocycles. The van der Waals surface area contributed by atoms with Crippen molar-refractivity contribution < 1.29 is 19.1 Å². The molecule has 0 aliphatic rings. The average Bonchev–Trinajstić information content (AvgIpc) is 2.72. The van der Waals surface area contributed by atoms with Crippen molar-refractivity contribution in [2.24, 2.45) is 10.2 Å². The van der Waals surface area contributed by atoms with Gasteiger partial charge in [-0.15, -0.1) is 10.2 Å². The molecule has 152 valence electrons. The van der Waals surface area contributed by atoms with Crippen LogP contribution in [0.2, 0.25) is 0 Å². The van der Waals surface area contributed by atoms with Gasteiger partial charge in [-0.3, -0.25) is 0 Å². The number of hydrogen-bond acceptors (Lipinski definition) is 10. The molecule has 0 N–H and O–H groups in total. The molecule has 0 spiro atoms. The van der Waals surface area contributed by atoms with Crippen LogP contribution in [0.3, 0.4) is 0 Å². The fourth-order valence-electron chi connectivity index (χ4n) is 2.43. The number of ether oxygens (including phenoxy) is 2. The van der Waals surface area contributed by atoms with Gasteiger partial charge in [0.15, 0.2) is 11.6 Å². The summed E-state index contributed by atoms with van der Waals surface area (Å²) in [6.45, 7) is 6.86. The number of nitriles is 2. The summed E-state index contributed by atoms with van der Waals surface area (Å²) in [5.74, 6) is -1.27. The number of aromatic nitrogens is 2. The second-order valence-electron chi connectivity index (χ2n) is 5.85. The van der Waals surface area contributed by atoms with Crippen LogP contribution >= 0.6 is 0 Å². The summed E-state index contributed by atoms with van der Waals surface area (Å²) in [6, 6.07) is 6.45. The molecule has 0 saturated heterocycles. The third-order valence-electron chi connectivity index (χ3n) is 3.86. The van der Waals surface area contributed by atoms with Crippen LogP contribution in [-0.4, -0.2) is 35.1 Å². The van der Waals surface area contributed by atoms with E-state index < -0.39 is 11.9 Å². The summed E-state index contributed by atoms with van der Waals surface area (Å²) in [5.41, 5.74) is 0.930. The number of aryl methyl sites for hydroxylation is 2. The Morgan fingerprint density at radius 2 is 1.23 bits per heavy atom. The number of nitrogens with zero attached hydrogens (tertiary/aromatic N) is 6. The van der Waals surface area contributed by atoms with Crippen molar-refractivity contribution in [1.82, 2.24) is 9.97 Å². The van der Waals surface area contributed by atoms with Crippen LogP contribution in [0.25, 0.3) is 0 Å². The Morgan fingerprint density at radius 3 is 1.53 bits per heavy atom. The summed E-state index contributed by atoms with van der Waals surface area (Å²) < 4.78 is 9.88. The maximum absolute atomic E-state index is 12.0. The molecule has 0 atom stereocenters. The topological polar surface area (TPSA) is 151 Å². The van der Waals surface area contributed by atoms with Crippen molar-refractivity contribution in [3.05, 3.63) is 45.8 Å². The molecule has 10 nitrogen and oxygen atoms in total. The molecule has 0 aliphatic carbocycles. The van der Waals surface area contributed by atoms with Crippen molar-refractivity contribution >= 4 is 23.6 Å². The van der Waals surface area contributed by atoms with Gasteiger partial charge < -0.3 is 9.47 Å². The normalized spacial score (nSPS) is 10.3. The zero-order valence-corrected chi connectivity index (χ0v) is 16.9. The van der Waals surface area contributed by atoms with Crippen molar-refractivity contribution in [2.75, 3.05) is 13.2 Å². The fraction of sp³-hybridized carbons (Fsp3) is 0.300. The smallest absolute Gasteiger partial charge is 0.340 e. The van der Waals surface area contributed by atoms with Gasteiger partial charge in [0.2, 0.25) is 0 Å². The minimum Gasteiger partial charge on any atom is -0.462 e. The van der Waals surface area contributed by atoms with Gasteiger partial charge in [0.1, 0.15) is 12.1 Å². The van der Waals surface area contributed by atoms with Gasteiger partial charge >= 0.3 is 11.9 Å². The summed E-state index contributed by atoms with van der Waals surface area (Å²) in [5, 5.41) is 26.6. The molecular weight excluding hydrogens is 388 g/mol. The van der Waals surface area contributed by atoms with Gasteiger partial charge in [-0.25, -0.2) is 19.6 Å². The van der Waals surface area contributed by atoms with Crippen LogP contribution in [0.15, 0.2) is 22.4 Å². The Kier molecular flexibility index (Phi) is 7.26. The molecular formula is C20H18N6O4. The van der Waals surface area contributed by atoms with Gasteiger partial charge in [-0.05, 0) is 39.8 Å². The molecule has 2 rings (SSSR count). The van der Waals surface area contributed by atoms with E-state index in [4.69, 9.17) is 9.47 Å². The molecule has 30 heavy (non-hydrogen) atoms. The van der Waals surface area contributed by atoms with E-state index in [1.807, 2.05) is 12.1 Å². The Hall–Kier alpha value is -4.18. The highest BCUT2D eigenvalue weighted by atomic mass is 16.5. The fourth-order valence-corrected chi connectivity index (χ4v) is 2.43. The number of carbonyl (C=O) groups excluding carboxylic acids is 2. The predicted octanol–water partition coefficient (Wildman–Crippen LogP) is 3.61. The van der Waals surface area contributed by atoms with E-state index in [-0.39, 0.29) is 47.1 Å². The SMILES string of the molecule is CCOC(=O)c1cc(C#N)c(N=Nc2nc(C)c(C(=O)OCC)cc2C#N)nc1C. The van der Waals surface area contributed by atoms with Crippen molar-refractivity contribution in [1.29, 1.82) is 10.5 Å². The summed E-state index contributed by atoms with van der Waals surface area (Å²) in [7, 11) is 0. The van der Waals surface area contributed by atoms with Crippen molar-refractivity contribution in [2.45, 2.75) is 27.7 Å². The third kappa shape index (κ3) is 4.80. The lowest BCUT2D eigenvalue weighted by Crippen LogP contribution is -2.08. The van der Waals surface area contributed by atoms with Crippen molar-refractivity contribution in [3.63, 3.8) is 0 Å². The van der Waals surface area contributed by atoms with E-state index >= 15 is 0 Å². The lowest BCUT2D eigenvalue weighted by atomic mass is 10.1. The molecule has 0 aliphatic heterocycles. The second-order valence-corrected chi connectivity index (χ2v) is 5.85. The first-order valence-electron chi connectivity index (χ1n) is 8.95. The largest absolute Gasteiger partial charge is 0.462 e. The minimum absolute atomic E-state index is 0.00535. The lowest BCUT2D eigenvalue weighted by Gasteiger charge is -2.07. The first-order valence-corrected chi connectivity index (χ1v) is 8.95. The third-order valence-corrected chi connectivity index (χ3v) is 3.86.